The lowest BCUT2D eigenvalue weighted by Crippen LogP contribution is -2.38. The van der Waals surface area contributed by atoms with Crippen LogP contribution in [0.1, 0.15) is 26.2 Å². The summed E-state index contributed by atoms with van der Waals surface area (Å²) in [5.74, 6) is -1.79. The van der Waals surface area contributed by atoms with Gasteiger partial charge in [0, 0.05) is 16.6 Å². The van der Waals surface area contributed by atoms with E-state index < -0.39 is 17.8 Å². The van der Waals surface area contributed by atoms with E-state index in [2.05, 4.69) is 21.8 Å². The number of carboxylic acids is 1. The van der Waals surface area contributed by atoms with Crippen molar-refractivity contribution in [2.45, 2.75) is 26.2 Å². The number of aliphatic carboxylic acids is 1. The summed E-state index contributed by atoms with van der Waals surface area (Å²) in [6.45, 7) is 2.06. The van der Waals surface area contributed by atoms with Crippen LogP contribution in [0.15, 0.2) is 29.6 Å². The Morgan fingerprint density at radius 1 is 1.21 bits per heavy atom. The summed E-state index contributed by atoms with van der Waals surface area (Å²) in [4.78, 5) is 24.0. The molecule has 0 bridgehead atoms. The third-order valence-corrected chi connectivity index (χ3v) is 5.08. The van der Waals surface area contributed by atoms with Crippen LogP contribution >= 0.6 is 11.5 Å². The van der Waals surface area contributed by atoms with Crippen molar-refractivity contribution in [1.82, 2.24) is 9.59 Å². The SMILES string of the molecule is CC1CCC(C(=O)O)C(C(=O)Nc2ccc(-c3csnn3)cc2)C1. The summed E-state index contributed by atoms with van der Waals surface area (Å²) >= 11 is 1.28. The summed E-state index contributed by atoms with van der Waals surface area (Å²) in [6, 6.07) is 7.33. The first-order valence-electron chi connectivity index (χ1n) is 7.95. The van der Waals surface area contributed by atoms with Gasteiger partial charge >= 0.3 is 5.97 Å². The van der Waals surface area contributed by atoms with Crippen molar-refractivity contribution in [3.8, 4) is 11.3 Å². The molecule has 1 amide bonds. The van der Waals surface area contributed by atoms with Crippen molar-refractivity contribution < 1.29 is 14.7 Å². The Morgan fingerprint density at radius 2 is 1.96 bits per heavy atom. The quantitative estimate of drug-likeness (QED) is 0.887. The molecule has 126 valence electrons. The monoisotopic (exact) mass is 345 g/mol. The molecule has 3 atom stereocenters. The van der Waals surface area contributed by atoms with Gasteiger partial charge in [0.15, 0.2) is 0 Å². The normalized spacial score (nSPS) is 23.6. The van der Waals surface area contributed by atoms with E-state index in [1.165, 1.54) is 11.5 Å². The van der Waals surface area contributed by atoms with Crippen molar-refractivity contribution in [2.75, 3.05) is 5.32 Å². The first-order valence-corrected chi connectivity index (χ1v) is 8.79. The largest absolute Gasteiger partial charge is 0.481 e. The predicted octanol–water partition coefficient (Wildman–Crippen LogP) is 3.28. The number of carboxylic acid groups (broad SMARTS) is 1. The Balaban J connectivity index is 1.70. The van der Waals surface area contributed by atoms with E-state index in [4.69, 9.17) is 0 Å². The number of carbonyl (C=O) groups excluding carboxylic acids is 1. The van der Waals surface area contributed by atoms with Gasteiger partial charge in [0.1, 0.15) is 5.69 Å². The van der Waals surface area contributed by atoms with Crippen LogP contribution in [-0.4, -0.2) is 26.6 Å². The van der Waals surface area contributed by atoms with E-state index in [-0.39, 0.29) is 5.91 Å². The Kier molecular flexibility index (Phi) is 4.89. The average molecular weight is 345 g/mol. The number of aromatic nitrogens is 2. The van der Waals surface area contributed by atoms with Gasteiger partial charge < -0.3 is 10.4 Å². The summed E-state index contributed by atoms with van der Waals surface area (Å²) in [6.07, 6.45) is 2.03. The standard InChI is InChI=1S/C17H19N3O3S/c1-10-2-7-13(17(22)23)14(8-10)16(21)18-12-5-3-11(4-6-12)15-9-24-20-19-15/h3-6,9-10,13-14H,2,7-8H2,1H3,(H,18,21)(H,22,23). The molecule has 1 aliphatic rings. The number of hydrogen-bond acceptors (Lipinski definition) is 5. The zero-order chi connectivity index (χ0) is 17.1. The highest BCUT2D eigenvalue weighted by Crippen LogP contribution is 2.35. The maximum atomic E-state index is 12.5. The van der Waals surface area contributed by atoms with E-state index in [0.717, 1.165) is 17.7 Å². The Hall–Kier alpha value is -2.28. The van der Waals surface area contributed by atoms with Gasteiger partial charge in [-0.1, -0.05) is 23.5 Å². The molecule has 1 aromatic carbocycles. The first kappa shape index (κ1) is 16.6. The lowest BCUT2D eigenvalue weighted by Gasteiger charge is -2.31. The molecule has 1 aromatic heterocycles. The zero-order valence-electron chi connectivity index (χ0n) is 13.3. The van der Waals surface area contributed by atoms with Gasteiger partial charge in [0.2, 0.25) is 5.91 Å². The minimum absolute atomic E-state index is 0.211. The van der Waals surface area contributed by atoms with Crippen molar-refractivity contribution in [3.63, 3.8) is 0 Å². The minimum Gasteiger partial charge on any atom is -0.481 e. The fourth-order valence-electron chi connectivity index (χ4n) is 3.22. The Labute approximate surface area is 144 Å². The van der Waals surface area contributed by atoms with Crippen LogP contribution in [-0.2, 0) is 9.59 Å². The van der Waals surface area contributed by atoms with Gasteiger partial charge in [0.25, 0.3) is 0 Å². The predicted molar refractivity (Wildman–Crippen MR) is 91.6 cm³/mol. The summed E-state index contributed by atoms with van der Waals surface area (Å²) in [5.41, 5.74) is 2.38. The molecule has 0 saturated heterocycles. The Bertz CT molecular complexity index is 715. The highest BCUT2D eigenvalue weighted by molar-refractivity contribution is 7.03. The number of amides is 1. The maximum Gasteiger partial charge on any atom is 0.307 e. The second-order valence-corrected chi connectivity index (χ2v) is 6.94. The van der Waals surface area contributed by atoms with Crippen LogP contribution in [0.3, 0.4) is 0 Å². The van der Waals surface area contributed by atoms with E-state index >= 15 is 0 Å². The molecule has 24 heavy (non-hydrogen) atoms. The lowest BCUT2D eigenvalue weighted by atomic mass is 9.74. The number of carbonyl (C=O) groups is 2. The molecule has 6 nitrogen and oxygen atoms in total. The van der Waals surface area contributed by atoms with Gasteiger partial charge in [-0.25, -0.2) is 0 Å². The lowest BCUT2D eigenvalue weighted by molar-refractivity contribution is -0.148. The second-order valence-electron chi connectivity index (χ2n) is 6.33. The molecule has 2 aromatic rings. The van der Waals surface area contributed by atoms with Gasteiger partial charge in [0.05, 0.1) is 11.8 Å². The van der Waals surface area contributed by atoms with E-state index in [1.807, 2.05) is 17.5 Å². The molecule has 0 spiro atoms. The van der Waals surface area contributed by atoms with E-state index in [0.29, 0.717) is 24.4 Å². The van der Waals surface area contributed by atoms with Crippen molar-refractivity contribution in [1.29, 1.82) is 0 Å². The molecule has 1 saturated carbocycles. The highest BCUT2D eigenvalue weighted by Gasteiger charge is 2.38. The zero-order valence-corrected chi connectivity index (χ0v) is 14.1. The molecule has 3 unspecified atom stereocenters. The molecule has 2 N–H and O–H groups in total. The molecule has 1 fully saturated rings. The molecule has 0 radical (unpaired) electrons. The molecular formula is C17H19N3O3S. The first-order chi connectivity index (χ1) is 11.5. The van der Waals surface area contributed by atoms with Gasteiger partial charge in [-0.2, -0.15) is 0 Å². The molecule has 3 rings (SSSR count). The van der Waals surface area contributed by atoms with Crippen LogP contribution in [0.2, 0.25) is 0 Å². The molecule has 7 heteroatoms. The van der Waals surface area contributed by atoms with Gasteiger partial charge in [-0.05, 0) is 48.8 Å². The van der Waals surface area contributed by atoms with E-state index in [1.54, 1.807) is 12.1 Å². The summed E-state index contributed by atoms with van der Waals surface area (Å²) in [5, 5.41) is 18.1. The molecule has 1 aliphatic carbocycles. The van der Waals surface area contributed by atoms with Crippen LogP contribution in [0.5, 0.6) is 0 Å². The topological polar surface area (TPSA) is 92.2 Å². The molecule has 1 heterocycles. The Morgan fingerprint density at radius 3 is 2.58 bits per heavy atom. The third kappa shape index (κ3) is 3.62. The number of nitrogens with one attached hydrogen (secondary N) is 1. The number of benzene rings is 1. The third-order valence-electron chi connectivity index (χ3n) is 4.57. The van der Waals surface area contributed by atoms with Crippen molar-refractivity contribution >= 4 is 29.1 Å². The molecule has 0 aliphatic heterocycles. The second kappa shape index (κ2) is 7.09. The average Bonchev–Trinajstić information content (AvgIpc) is 3.09. The van der Waals surface area contributed by atoms with Crippen LogP contribution in [0.4, 0.5) is 5.69 Å². The smallest absolute Gasteiger partial charge is 0.307 e. The maximum absolute atomic E-state index is 12.5. The van der Waals surface area contributed by atoms with Crippen LogP contribution in [0, 0.1) is 17.8 Å². The van der Waals surface area contributed by atoms with Crippen LogP contribution < -0.4 is 5.32 Å². The van der Waals surface area contributed by atoms with Gasteiger partial charge in [-0.15, -0.1) is 5.10 Å². The minimum atomic E-state index is -0.881. The summed E-state index contributed by atoms with van der Waals surface area (Å²) in [7, 11) is 0. The highest BCUT2D eigenvalue weighted by atomic mass is 32.1. The fourth-order valence-corrected chi connectivity index (χ4v) is 3.68. The number of rotatable bonds is 4. The molecular weight excluding hydrogens is 326 g/mol. The fraction of sp³-hybridized carbons (Fsp3) is 0.412. The van der Waals surface area contributed by atoms with Crippen LogP contribution in [0.25, 0.3) is 11.3 Å². The van der Waals surface area contributed by atoms with E-state index in [9.17, 15) is 14.7 Å². The number of hydrogen-bond donors (Lipinski definition) is 2. The number of anilines is 1. The number of nitrogens with zero attached hydrogens (tertiary/aromatic N) is 2. The van der Waals surface area contributed by atoms with Gasteiger partial charge in [-0.3, -0.25) is 9.59 Å². The van der Waals surface area contributed by atoms with Crippen molar-refractivity contribution in [3.05, 3.63) is 29.6 Å². The summed E-state index contributed by atoms with van der Waals surface area (Å²) < 4.78 is 3.83. The van der Waals surface area contributed by atoms with Crippen molar-refractivity contribution in [2.24, 2.45) is 17.8 Å².